The number of nitrogens with one attached hydrogen (secondary N) is 1. The molecule has 0 radical (unpaired) electrons. The topological polar surface area (TPSA) is 71.2 Å². The Balaban J connectivity index is 2.26. The summed E-state index contributed by atoms with van der Waals surface area (Å²) in [5.74, 6) is -0.000578. The molecule has 0 aliphatic heterocycles. The lowest BCUT2D eigenvalue weighted by molar-refractivity contribution is 0.103. The van der Waals surface area contributed by atoms with Gasteiger partial charge in [0.15, 0.2) is 5.13 Å². The fraction of sp³-hybridized carbons (Fsp3) is 0.231. The van der Waals surface area contributed by atoms with Crippen molar-refractivity contribution in [3.8, 4) is 0 Å². The molecule has 20 heavy (non-hydrogen) atoms. The largest absolute Gasteiger partial charge is 0.382 e. The van der Waals surface area contributed by atoms with Crippen molar-refractivity contribution in [2.75, 3.05) is 30.0 Å². The molecule has 0 spiro atoms. The number of nitrogens with zero attached hydrogens (tertiary/aromatic N) is 2. The van der Waals surface area contributed by atoms with Gasteiger partial charge in [-0.3, -0.25) is 4.79 Å². The maximum atomic E-state index is 12.3. The minimum absolute atomic E-state index is 0.250. The van der Waals surface area contributed by atoms with Crippen LogP contribution in [0.2, 0.25) is 0 Å². The predicted molar refractivity (Wildman–Crippen MR) is 87.7 cm³/mol. The van der Waals surface area contributed by atoms with Crippen molar-refractivity contribution in [1.29, 1.82) is 0 Å². The molecule has 0 aliphatic rings. The highest BCUT2D eigenvalue weighted by molar-refractivity contribution is 9.10. The Morgan fingerprint density at radius 3 is 2.75 bits per heavy atom. The third-order valence-electron chi connectivity index (χ3n) is 2.60. The minimum atomic E-state index is -0.251. The van der Waals surface area contributed by atoms with E-state index in [0.29, 0.717) is 15.7 Å². The average molecular weight is 355 g/mol. The number of amides is 1. The molecule has 2 aromatic rings. The zero-order chi connectivity index (χ0) is 14.9. The number of carbonyl (C=O) groups excluding carboxylic acids is 1. The van der Waals surface area contributed by atoms with E-state index < -0.39 is 0 Å². The number of aryl methyl sites for hydroxylation is 1. The second kappa shape index (κ2) is 5.80. The molecule has 1 amide bonds. The summed E-state index contributed by atoms with van der Waals surface area (Å²) in [6, 6.07) is 5.75. The van der Waals surface area contributed by atoms with Crippen molar-refractivity contribution in [2.24, 2.45) is 0 Å². The maximum absolute atomic E-state index is 12.3. The first-order valence-electron chi connectivity index (χ1n) is 5.89. The van der Waals surface area contributed by atoms with Crippen LogP contribution in [0.5, 0.6) is 0 Å². The van der Waals surface area contributed by atoms with Crippen LogP contribution in [0, 0.1) is 6.92 Å². The van der Waals surface area contributed by atoms with E-state index in [1.165, 1.54) is 11.3 Å². The molecule has 1 aromatic carbocycles. The van der Waals surface area contributed by atoms with Crippen LogP contribution in [-0.4, -0.2) is 25.0 Å². The van der Waals surface area contributed by atoms with Gasteiger partial charge in [0, 0.05) is 18.6 Å². The first-order valence-corrected chi connectivity index (χ1v) is 7.50. The Morgan fingerprint density at radius 2 is 2.15 bits per heavy atom. The number of thiazole rings is 1. The second-order valence-corrected chi connectivity index (χ2v) is 6.37. The fourth-order valence-corrected chi connectivity index (χ4v) is 2.74. The van der Waals surface area contributed by atoms with Gasteiger partial charge in [-0.15, -0.1) is 0 Å². The minimum Gasteiger partial charge on any atom is -0.382 e. The van der Waals surface area contributed by atoms with Gasteiger partial charge in [0.05, 0.1) is 5.69 Å². The van der Waals surface area contributed by atoms with E-state index in [1.807, 2.05) is 44.1 Å². The molecule has 1 aromatic heterocycles. The third kappa shape index (κ3) is 3.10. The summed E-state index contributed by atoms with van der Waals surface area (Å²) in [4.78, 5) is 18.7. The summed E-state index contributed by atoms with van der Waals surface area (Å²) >= 11 is 4.68. The second-order valence-electron chi connectivity index (χ2n) is 4.54. The molecule has 2 rings (SSSR count). The summed E-state index contributed by atoms with van der Waals surface area (Å²) < 4.78 is 0.826. The average Bonchev–Trinajstić information content (AvgIpc) is 2.76. The summed E-state index contributed by atoms with van der Waals surface area (Å²) in [6.07, 6.45) is 0. The van der Waals surface area contributed by atoms with E-state index in [-0.39, 0.29) is 11.7 Å². The Bertz CT molecular complexity index is 654. The first-order chi connectivity index (χ1) is 9.38. The number of carbonyl (C=O) groups is 1. The van der Waals surface area contributed by atoms with Crippen LogP contribution < -0.4 is 16.0 Å². The fourth-order valence-electron chi connectivity index (χ4n) is 1.59. The number of anilines is 3. The van der Waals surface area contributed by atoms with Crippen LogP contribution in [0.25, 0.3) is 0 Å². The van der Waals surface area contributed by atoms with Gasteiger partial charge in [0.2, 0.25) is 0 Å². The maximum Gasteiger partial charge on any atom is 0.269 e. The summed E-state index contributed by atoms with van der Waals surface area (Å²) in [5, 5.41) is 3.55. The molecule has 0 fully saturated rings. The summed E-state index contributed by atoms with van der Waals surface area (Å²) in [5.41, 5.74) is 7.58. The van der Waals surface area contributed by atoms with Crippen molar-refractivity contribution >= 4 is 49.8 Å². The van der Waals surface area contributed by atoms with Crippen LogP contribution >= 0.6 is 27.3 Å². The highest BCUT2D eigenvalue weighted by Crippen LogP contribution is 2.29. The summed E-state index contributed by atoms with van der Waals surface area (Å²) in [7, 11) is 3.72. The Morgan fingerprint density at radius 1 is 1.45 bits per heavy atom. The van der Waals surface area contributed by atoms with E-state index in [2.05, 4.69) is 26.2 Å². The lowest BCUT2D eigenvalue weighted by Gasteiger charge is -2.07. The highest BCUT2D eigenvalue weighted by atomic mass is 79.9. The third-order valence-corrected chi connectivity index (χ3v) is 4.53. The van der Waals surface area contributed by atoms with Gasteiger partial charge in [-0.2, -0.15) is 0 Å². The molecule has 0 unspecified atom stereocenters. The van der Waals surface area contributed by atoms with E-state index in [4.69, 9.17) is 5.73 Å². The van der Waals surface area contributed by atoms with Crippen LogP contribution in [0.3, 0.4) is 0 Å². The molecule has 1 heterocycles. The molecule has 0 atom stereocenters. The number of halogens is 1. The van der Waals surface area contributed by atoms with Crippen molar-refractivity contribution in [3.63, 3.8) is 0 Å². The number of hydrogen-bond donors (Lipinski definition) is 2. The van der Waals surface area contributed by atoms with E-state index in [0.717, 1.165) is 10.0 Å². The number of nitrogens with two attached hydrogens (primary N) is 1. The van der Waals surface area contributed by atoms with Crippen LogP contribution in [0.1, 0.15) is 15.2 Å². The number of hydrogen-bond acceptors (Lipinski definition) is 5. The van der Waals surface area contributed by atoms with Gasteiger partial charge in [0.25, 0.3) is 5.91 Å². The van der Waals surface area contributed by atoms with Gasteiger partial charge in [-0.1, -0.05) is 17.4 Å². The lowest BCUT2D eigenvalue weighted by Crippen LogP contribution is -2.12. The predicted octanol–water partition coefficient (Wildman–Crippen LogP) is 3.11. The van der Waals surface area contributed by atoms with Gasteiger partial charge in [-0.25, -0.2) is 4.98 Å². The molecule has 0 aliphatic carbocycles. The van der Waals surface area contributed by atoms with Gasteiger partial charge in [0.1, 0.15) is 10.7 Å². The molecule has 0 bridgehead atoms. The van der Waals surface area contributed by atoms with E-state index >= 15 is 0 Å². The zero-order valence-electron chi connectivity index (χ0n) is 11.4. The molecular weight excluding hydrogens is 340 g/mol. The Kier molecular flexibility index (Phi) is 4.29. The Labute approximate surface area is 129 Å². The standard InChI is InChI=1S/C13H15BrN4OS/c1-7-4-5-8(14)9(6-7)16-12(19)10-11(15)17-13(20-10)18(2)3/h4-6H,15H2,1-3H3,(H,16,19). The number of aromatic nitrogens is 1. The monoisotopic (exact) mass is 354 g/mol. The number of nitrogen functional groups attached to an aromatic ring is 1. The summed E-state index contributed by atoms with van der Waals surface area (Å²) in [6.45, 7) is 1.97. The number of rotatable bonds is 3. The molecular formula is C13H15BrN4OS. The molecule has 5 nitrogen and oxygen atoms in total. The molecule has 106 valence electrons. The molecule has 3 N–H and O–H groups in total. The Hall–Kier alpha value is -1.60. The highest BCUT2D eigenvalue weighted by Gasteiger charge is 2.18. The first kappa shape index (κ1) is 14.8. The SMILES string of the molecule is Cc1ccc(Br)c(NC(=O)c2sc(N(C)C)nc2N)c1. The van der Waals surface area contributed by atoms with E-state index in [1.54, 1.807) is 0 Å². The lowest BCUT2D eigenvalue weighted by atomic mass is 10.2. The van der Waals surface area contributed by atoms with Gasteiger partial charge < -0.3 is 16.0 Å². The van der Waals surface area contributed by atoms with Crippen molar-refractivity contribution in [1.82, 2.24) is 4.98 Å². The molecule has 7 heteroatoms. The van der Waals surface area contributed by atoms with Crippen LogP contribution in [0.4, 0.5) is 16.6 Å². The van der Waals surface area contributed by atoms with Crippen LogP contribution in [0.15, 0.2) is 22.7 Å². The molecule has 0 saturated heterocycles. The van der Waals surface area contributed by atoms with Crippen LogP contribution in [-0.2, 0) is 0 Å². The van der Waals surface area contributed by atoms with Crippen molar-refractivity contribution in [2.45, 2.75) is 6.92 Å². The molecule has 0 saturated carbocycles. The van der Waals surface area contributed by atoms with Gasteiger partial charge >= 0.3 is 0 Å². The van der Waals surface area contributed by atoms with Crippen molar-refractivity contribution in [3.05, 3.63) is 33.1 Å². The van der Waals surface area contributed by atoms with Gasteiger partial charge in [-0.05, 0) is 40.5 Å². The zero-order valence-corrected chi connectivity index (χ0v) is 13.8. The normalized spacial score (nSPS) is 10.4. The smallest absolute Gasteiger partial charge is 0.269 e. The van der Waals surface area contributed by atoms with E-state index in [9.17, 15) is 4.79 Å². The van der Waals surface area contributed by atoms with Crippen molar-refractivity contribution < 1.29 is 4.79 Å². The number of benzene rings is 1. The quantitative estimate of drug-likeness (QED) is 0.888.